The van der Waals surface area contributed by atoms with Crippen LogP contribution in [0.15, 0.2) is 91.0 Å². The van der Waals surface area contributed by atoms with Crippen molar-refractivity contribution in [1.29, 1.82) is 0 Å². The van der Waals surface area contributed by atoms with Gasteiger partial charge in [-0.1, -0.05) is 108 Å². The minimum Gasteiger partial charge on any atom is -0.372 e. The second-order valence-electron chi connectivity index (χ2n) is 24.6. The van der Waals surface area contributed by atoms with E-state index in [1.165, 1.54) is 11.1 Å². The molecule has 7 N–H and O–H groups in total. The number of hydrogen-bond donors (Lipinski definition) is 7. The standard InChI is InChI=1S/C63H87N9O6/c1-39(64-9)34-66-55(62(3,4)5)60(76)71-36-46-31-47(29-28-44(46)32-53(71)58(74)69-51-26-16-21-42-19-11-13-24-49(42)51)68-57(73)45-23-15-18-41(30-45)38-78-48-33-54(59(75)70-52-27-17-22-43-20-12-14-25-50(43)52)72(37-48)61(77)56(63(6,7)8)67-35-40(2)65-10/h11-15,18-20,23-25,28-31,39-40,48,51-56,64-67H,16-17,21-22,26-27,32-38H2,1-10H3,(H,68,73)(H,69,74)(H,70,75). The molecule has 0 radical (unpaired) electrons. The summed E-state index contributed by atoms with van der Waals surface area (Å²) in [5.74, 6) is -0.937. The van der Waals surface area contributed by atoms with Crippen LogP contribution in [0.4, 0.5) is 5.69 Å². The maximum absolute atomic E-state index is 14.9. The maximum atomic E-state index is 14.9. The fourth-order valence-electron chi connectivity index (χ4n) is 11.8. The Morgan fingerprint density at radius 2 is 1.18 bits per heavy atom. The van der Waals surface area contributed by atoms with Gasteiger partial charge in [0.1, 0.15) is 12.1 Å². The van der Waals surface area contributed by atoms with E-state index in [9.17, 15) is 24.0 Å². The zero-order valence-corrected chi connectivity index (χ0v) is 47.9. The summed E-state index contributed by atoms with van der Waals surface area (Å²) < 4.78 is 6.57. The zero-order chi connectivity index (χ0) is 55.9. The van der Waals surface area contributed by atoms with Crippen LogP contribution in [0.25, 0.3) is 0 Å². The fourth-order valence-corrected chi connectivity index (χ4v) is 11.8. The lowest BCUT2D eigenvalue weighted by atomic mass is 9.83. The molecule has 9 atom stereocenters. The second-order valence-corrected chi connectivity index (χ2v) is 24.6. The Hall–Kier alpha value is -5.97. The van der Waals surface area contributed by atoms with Gasteiger partial charge in [-0.2, -0.15) is 0 Å². The summed E-state index contributed by atoms with van der Waals surface area (Å²) in [6, 6.07) is 27.0. The molecule has 9 unspecified atom stereocenters. The molecule has 1 saturated heterocycles. The van der Waals surface area contributed by atoms with E-state index in [4.69, 9.17) is 4.74 Å². The molecule has 4 aromatic rings. The fraction of sp³-hybridized carbons (Fsp3) is 0.540. The monoisotopic (exact) mass is 1070 g/mol. The second kappa shape index (κ2) is 25.4. The highest BCUT2D eigenvalue weighted by atomic mass is 16.5. The largest absolute Gasteiger partial charge is 0.372 e. The number of carbonyl (C=O) groups excluding carboxylic acids is 5. The summed E-state index contributed by atoms with van der Waals surface area (Å²) in [4.78, 5) is 76.2. The molecule has 15 heteroatoms. The van der Waals surface area contributed by atoms with Crippen LogP contribution in [0, 0.1) is 10.8 Å². The molecule has 0 bridgehead atoms. The van der Waals surface area contributed by atoms with Crippen molar-refractivity contribution in [2.75, 3.05) is 39.0 Å². The van der Waals surface area contributed by atoms with Gasteiger partial charge >= 0.3 is 0 Å². The van der Waals surface area contributed by atoms with E-state index in [1.54, 1.807) is 15.9 Å². The van der Waals surface area contributed by atoms with Crippen LogP contribution < -0.4 is 37.2 Å². The first-order valence-corrected chi connectivity index (χ1v) is 28.5. The maximum Gasteiger partial charge on any atom is 0.255 e. The normalized spacial score (nSPS) is 21.7. The lowest BCUT2D eigenvalue weighted by molar-refractivity contribution is -0.146. The number of hydrogen-bond acceptors (Lipinski definition) is 10. The van der Waals surface area contributed by atoms with Crippen LogP contribution in [-0.4, -0.2) is 115 Å². The van der Waals surface area contributed by atoms with Gasteiger partial charge in [0, 0.05) is 62.4 Å². The summed E-state index contributed by atoms with van der Waals surface area (Å²) in [6.45, 7) is 18.1. The summed E-state index contributed by atoms with van der Waals surface area (Å²) in [7, 11) is 3.79. The number of likely N-dealkylation sites (N-methyl/N-ethyl adjacent to an activating group) is 2. The van der Waals surface area contributed by atoms with Gasteiger partial charge in [-0.05, 0) is 141 Å². The Kier molecular flexibility index (Phi) is 19.0. The van der Waals surface area contributed by atoms with Gasteiger partial charge in [0.2, 0.25) is 23.6 Å². The Labute approximate surface area is 463 Å². The Bertz CT molecular complexity index is 2770. The quantitative estimate of drug-likeness (QED) is 0.0504. The lowest BCUT2D eigenvalue weighted by Gasteiger charge is -2.42. The molecule has 4 aromatic carbocycles. The third-order valence-corrected chi connectivity index (χ3v) is 16.5. The van der Waals surface area contributed by atoms with E-state index in [0.29, 0.717) is 37.2 Å². The van der Waals surface area contributed by atoms with E-state index < -0.39 is 41.1 Å². The molecular weight excluding hydrogens is 979 g/mol. The predicted molar refractivity (Wildman–Crippen MR) is 308 cm³/mol. The van der Waals surface area contributed by atoms with E-state index in [0.717, 1.165) is 66.3 Å². The predicted octanol–water partition coefficient (Wildman–Crippen LogP) is 7.29. The van der Waals surface area contributed by atoms with Crippen molar-refractivity contribution in [2.24, 2.45) is 10.8 Å². The minimum absolute atomic E-state index is 0.120. The topological polar surface area (TPSA) is 185 Å². The highest BCUT2D eigenvalue weighted by molar-refractivity contribution is 6.04. The van der Waals surface area contributed by atoms with Crippen molar-refractivity contribution in [2.45, 2.75) is 174 Å². The average Bonchev–Trinajstić information content (AvgIpc) is 3.95. The van der Waals surface area contributed by atoms with Crippen LogP contribution >= 0.6 is 0 Å². The smallest absolute Gasteiger partial charge is 0.255 e. The Balaban J connectivity index is 0.969. The molecule has 420 valence electrons. The number of fused-ring (bicyclic) bond motifs is 3. The van der Waals surface area contributed by atoms with Crippen molar-refractivity contribution in [3.8, 4) is 0 Å². The van der Waals surface area contributed by atoms with Crippen molar-refractivity contribution in [3.05, 3.63) is 136 Å². The van der Waals surface area contributed by atoms with Crippen LogP contribution in [0.1, 0.15) is 149 Å². The van der Waals surface area contributed by atoms with Crippen molar-refractivity contribution < 1.29 is 28.7 Å². The molecule has 8 rings (SSSR count). The summed E-state index contributed by atoms with van der Waals surface area (Å²) in [5, 5.41) is 23.3. The molecule has 2 heterocycles. The SMILES string of the molecule is CNC(C)CNC(C(=O)N1Cc2cc(NC(=O)c3cccc(COC4CC(C(=O)NC5CCCc6ccccc65)N(C(=O)C(NCC(C)NC)C(C)(C)C)C4)c3)ccc2CC1C(=O)NC1CCCc2ccccc21)C(C)(C)C. The lowest BCUT2D eigenvalue weighted by Crippen LogP contribution is -2.60. The van der Waals surface area contributed by atoms with Gasteiger partial charge in [0.15, 0.2) is 0 Å². The minimum atomic E-state index is -0.733. The number of likely N-dealkylation sites (tertiary alicyclic amines) is 1. The Morgan fingerprint density at radius 1 is 0.628 bits per heavy atom. The van der Waals surface area contributed by atoms with Crippen LogP contribution in [0.3, 0.4) is 0 Å². The molecule has 15 nitrogen and oxygen atoms in total. The van der Waals surface area contributed by atoms with Crippen molar-refractivity contribution >= 4 is 35.2 Å². The molecule has 2 aliphatic heterocycles. The van der Waals surface area contributed by atoms with E-state index in [-0.39, 0.29) is 73.4 Å². The van der Waals surface area contributed by atoms with Gasteiger partial charge in [0.25, 0.3) is 5.91 Å². The Morgan fingerprint density at radius 3 is 1.74 bits per heavy atom. The van der Waals surface area contributed by atoms with Crippen molar-refractivity contribution in [3.63, 3.8) is 0 Å². The molecule has 0 aromatic heterocycles. The summed E-state index contributed by atoms with van der Waals surface area (Å²) in [6.07, 6.45) is 5.79. The number of amides is 5. The number of nitrogens with zero attached hydrogens (tertiary/aromatic N) is 2. The number of anilines is 1. The molecule has 4 aliphatic rings. The number of carbonyl (C=O) groups is 5. The first-order valence-electron chi connectivity index (χ1n) is 28.5. The first-order chi connectivity index (χ1) is 37.2. The third-order valence-electron chi connectivity index (χ3n) is 16.5. The van der Waals surface area contributed by atoms with E-state index >= 15 is 0 Å². The third kappa shape index (κ3) is 14.1. The molecule has 0 spiro atoms. The molecule has 1 fully saturated rings. The first kappa shape index (κ1) is 58.2. The number of aryl methyl sites for hydroxylation is 2. The van der Waals surface area contributed by atoms with Crippen LogP contribution in [-0.2, 0) is 56.3 Å². The number of ether oxygens (including phenoxy) is 1. The van der Waals surface area contributed by atoms with Gasteiger partial charge in [-0.3, -0.25) is 24.0 Å². The highest BCUT2D eigenvalue weighted by Crippen LogP contribution is 2.35. The number of benzene rings is 4. The highest BCUT2D eigenvalue weighted by Gasteiger charge is 2.46. The molecule has 5 amide bonds. The average molecular weight is 1070 g/mol. The number of rotatable bonds is 19. The molecular formula is C63H87N9O6. The molecule has 2 aliphatic carbocycles. The molecule has 78 heavy (non-hydrogen) atoms. The van der Waals surface area contributed by atoms with E-state index in [2.05, 4.69) is 75.3 Å². The molecule has 0 saturated carbocycles. The van der Waals surface area contributed by atoms with E-state index in [1.807, 2.05) is 116 Å². The summed E-state index contributed by atoms with van der Waals surface area (Å²) >= 11 is 0. The summed E-state index contributed by atoms with van der Waals surface area (Å²) in [5.41, 5.74) is 7.46. The van der Waals surface area contributed by atoms with Crippen LogP contribution in [0.5, 0.6) is 0 Å². The van der Waals surface area contributed by atoms with Gasteiger partial charge in [-0.15, -0.1) is 0 Å². The number of nitrogens with one attached hydrogen (secondary N) is 7. The van der Waals surface area contributed by atoms with Gasteiger partial charge < -0.3 is 51.8 Å². The van der Waals surface area contributed by atoms with Gasteiger partial charge in [-0.25, -0.2) is 0 Å². The van der Waals surface area contributed by atoms with Gasteiger partial charge in [0.05, 0.1) is 36.9 Å². The van der Waals surface area contributed by atoms with Crippen molar-refractivity contribution in [1.82, 2.24) is 41.7 Å². The zero-order valence-electron chi connectivity index (χ0n) is 47.9. The van der Waals surface area contributed by atoms with Crippen LogP contribution in [0.2, 0.25) is 0 Å².